The van der Waals surface area contributed by atoms with Gasteiger partial charge in [-0.1, -0.05) is 12.1 Å². The van der Waals surface area contributed by atoms with Crippen molar-refractivity contribution >= 4 is 11.9 Å². The molecule has 0 bridgehead atoms. The van der Waals surface area contributed by atoms with Gasteiger partial charge in [-0.25, -0.2) is 4.79 Å². The number of rotatable bonds is 6. The van der Waals surface area contributed by atoms with Gasteiger partial charge in [-0.2, -0.15) is 0 Å². The van der Waals surface area contributed by atoms with Gasteiger partial charge in [0, 0.05) is 6.54 Å². The molecule has 0 fully saturated rings. The lowest BCUT2D eigenvalue weighted by atomic mass is 9.83. The van der Waals surface area contributed by atoms with Crippen molar-refractivity contribution in [2.75, 3.05) is 20.3 Å². The van der Waals surface area contributed by atoms with Crippen LogP contribution in [0.15, 0.2) is 36.4 Å². The van der Waals surface area contributed by atoms with E-state index in [0.717, 1.165) is 11.1 Å². The third-order valence-electron chi connectivity index (χ3n) is 4.78. The Balaban J connectivity index is 1.72. The molecule has 0 aromatic heterocycles. The SMILES string of the molecule is COc1cc(CNC(=O)C(C)(C)c2ccc3c(c2)OCCO3)ccc1C(=O)O. The fraction of sp³-hybridized carbons (Fsp3) is 0.333. The zero-order valence-electron chi connectivity index (χ0n) is 16.1. The number of ether oxygens (including phenoxy) is 3. The molecule has 0 saturated heterocycles. The smallest absolute Gasteiger partial charge is 0.339 e. The summed E-state index contributed by atoms with van der Waals surface area (Å²) in [5.74, 6) is 0.346. The molecule has 7 nitrogen and oxygen atoms in total. The van der Waals surface area contributed by atoms with E-state index in [0.29, 0.717) is 24.7 Å². The lowest BCUT2D eigenvalue weighted by Crippen LogP contribution is -2.39. The highest BCUT2D eigenvalue weighted by Gasteiger charge is 2.31. The van der Waals surface area contributed by atoms with E-state index in [1.165, 1.54) is 13.2 Å². The maximum absolute atomic E-state index is 12.8. The molecule has 7 heteroatoms. The summed E-state index contributed by atoms with van der Waals surface area (Å²) in [5.41, 5.74) is 0.844. The summed E-state index contributed by atoms with van der Waals surface area (Å²) in [4.78, 5) is 24.0. The van der Waals surface area contributed by atoms with E-state index in [4.69, 9.17) is 19.3 Å². The Hall–Kier alpha value is -3.22. The first-order valence-electron chi connectivity index (χ1n) is 8.91. The van der Waals surface area contributed by atoms with Crippen LogP contribution in [0.25, 0.3) is 0 Å². The molecule has 3 rings (SSSR count). The van der Waals surface area contributed by atoms with Crippen molar-refractivity contribution < 1.29 is 28.9 Å². The van der Waals surface area contributed by atoms with Gasteiger partial charge in [0.1, 0.15) is 24.5 Å². The van der Waals surface area contributed by atoms with E-state index in [-0.39, 0.29) is 23.8 Å². The summed E-state index contributed by atoms with van der Waals surface area (Å²) in [6.45, 7) is 4.92. The average Bonchev–Trinajstić information content (AvgIpc) is 2.71. The van der Waals surface area contributed by atoms with Gasteiger partial charge in [0.25, 0.3) is 0 Å². The number of carbonyl (C=O) groups is 2. The molecule has 0 spiro atoms. The van der Waals surface area contributed by atoms with Crippen LogP contribution in [0.3, 0.4) is 0 Å². The summed E-state index contributed by atoms with van der Waals surface area (Å²) in [6.07, 6.45) is 0. The normalized spacial score (nSPS) is 13.0. The number of carboxylic acid groups (broad SMARTS) is 1. The first kappa shape index (κ1) is 19.5. The Morgan fingerprint density at radius 2 is 1.82 bits per heavy atom. The molecular formula is C21H23NO6. The van der Waals surface area contributed by atoms with Gasteiger partial charge in [0.05, 0.1) is 12.5 Å². The van der Waals surface area contributed by atoms with Crippen molar-refractivity contribution in [1.29, 1.82) is 0 Å². The Bertz CT molecular complexity index is 906. The highest BCUT2D eigenvalue weighted by atomic mass is 16.6. The standard InChI is InChI=1S/C21H23NO6/c1-21(2,14-5-7-16-18(11-14)28-9-8-27-16)20(25)22-12-13-4-6-15(19(23)24)17(10-13)26-3/h4-7,10-11H,8-9,12H2,1-3H3,(H,22,25)(H,23,24). The van der Waals surface area contributed by atoms with Gasteiger partial charge in [0.2, 0.25) is 5.91 Å². The van der Waals surface area contributed by atoms with Crippen molar-refractivity contribution in [3.05, 3.63) is 53.1 Å². The van der Waals surface area contributed by atoms with Gasteiger partial charge in [0.15, 0.2) is 11.5 Å². The Morgan fingerprint density at radius 3 is 2.50 bits per heavy atom. The zero-order valence-corrected chi connectivity index (χ0v) is 16.1. The summed E-state index contributed by atoms with van der Waals surface area (Å²) < 4.78 is 16.3. The fourth-order valence-corrected chi connectivity index (χ4v) is 2.99. The highest BCUT2D eigenvalue weighted by molar-refractivity contribution is 5.91. The quantitative estimate of drug-likeness (QED) is 0.794. The van der Waals surface area contributed by atoms with Crippen LogP contribution >= 0.6 is 0 Å². The van der Waals surface area contributed by atoms with E-state index in [2.05, 4.69) is 5.32 Å². The molecular weight excluding hydrogens is 362 g/mol. The number of aromatic carboxylic acids is 1. The third kappa shape index (κ3) is 3.88. The first-order valence-corrected chi connectivity index (χ1v) is 8.91. The summed E-state index contributed by atoms with van der Waals surface area (Å²) in [7, 11) is 1.41. The van der Waals surface area contributed by atoms with Crippen LogP contribution in [-0.2, 0) is 16.8 Å². The minimum Gasteiger partial charge on any atom is -0.496 e. The molecule has 28 heavy (non-hydrogen) atoms. The monoisotopic (exact) mass is 385 g/mol. The maximum Gasteiger partial charge on any atom is 0.339 e. The fourth-order valence-electron chi connectivity index (χ4n) is 2.99. The topological polar surface area (TPSA) is 94.1 Å². The number of methoxy groups -OCH3 is 1. The summed E-state index contributed by atoms with van der Waals surface area (Å²) in [5, 5.41) is 12.1. The molecule has 2 N–H and O–H groups in total. The van der Waals surface area contributed by atoms with Gasteiger partial charge in [-0.05, 0) is 49.2 Å². The van der Waals surface area contributed by atoms with Crippen molar-refractivity contribution in [2.45, 2.75) is 25.8 Å². The molecule has 0 atom stereocenters. The second-order valence-electron chi connectivity index (χ2n) is 7.01. The number of amides is 1. The van der Waals surface area contributed by atoms with Crippen molar-refractivity contribution in [3.63, 3.8) is 0 Å². The predicted molar refractivity (Wildman–Crippen MR) is 102 cm³/mol. The van der Waals surface area contributed by atoms with Gasteiger partial charge < -0.3 is 24.6 Å². The molecule has 0 radical (unpaired) electrons. The van der Waals surface area contributed by atoms with Crippen molar-refractivity contribution in [3.8, 4) is 17.2 Å². The second kappa shape index (κ2) is 7.80. The number of hydrogen-bond acceptors (Lipinski definition) is 5. The van der Waals surface area contributed by atoms with Gasteiger partial charge >= 0.3 is 5.97 Å². The largest absolute Gasteiger partial charge is 0.496 e. The second-order valence-corrected chi connectivity index (χ2v) is 7.01. The van der Waals surface area contributed by atoms with E-state index in [1.807, 2.05) is 32.0 Å². The molecule has 1 heterocycles. The van der Waals surface area contributed by atoms with Gasteiger partial charge in [-0.15, -0.1) is 0 Å². The van der Waals surface area contributed by atoms with Crippen molar-refractivity contribution in [1.82, 2.24) is 5.32 Å². The molecule has 1 aliphatic rings. The van der Waals surface area contributed by atoms with Crippen LogP contribution < -0.4 is 19.5 Å². The van der Waals surface area contributed by atoms with E-state index < -0.39 is 11.4 Å². The van der Waals surface area contributed by atoms with E-state index in [1.54, 1.807) is 12.1 Å². The Morgan fingerprint density at radius 1 is 1.11 bits per heavy atom. The lowest BCUT2D eigenvalue weighted by Gasteiger charge is -2.26. The number of carboxylic acids is 1. The summed E-state index contributed by atoms with van der Waals surface area (Å²) in [6, 6.07) is 10.2. The zero-order chi connectivity index (χ0) is 20.3. The minimum absolute atomic E-state index is 0.0779. The van der Waals surface area contributed by atoms with Crippen LogP contribution in [-0.4, -0.2) is 37.3 Å². The molecule has 2 aromatic carbocycles. The van der Waals surface area contributed by atoms with Crippen molar-refractivity contribution in [2.24, 2.45) is 0 Å². The Kier molecular flexibility index (Phi) is 5.44. The number of nitrogens with one attached hydrogen (secondary N) is 1. The third-order valence-corrected chi connectivity index (χ3v) is 4.78. The van der Waals surface area contributed by atoms with Crippen LogP contribution in [0, 0.1) is 0 Å². The van der Waals surface area contributed by atoms with Gasteiger partial charge in [-0.3, -0.25) is 4.79 Å². The molecule has 0 unspecified atom stereocenters. The first-order chi connectivity index (χ1) is 13.3. The molecule has 1 aliphatic heterocycles. The van der Waals surface area contributed by atoms with Crippen LogP contribution in [0.2, 0.25) is 0 Å². The van der Waals surface area contributed by atoms with Crippen LogP contribution in [0.4, 0.5) is 0 Å². The number of benzene rings is 2. The lowest BCUT2D eigenvalue weighted by molar-refractivity contribution is -0.125. The maximum atomic E-state index is 12.8. The number of fused-ring (bicyclic) bond motifs is 1. The molecule has 0 saturated carbocycles. The molecule has 0 aliphatic carbocycles. The highest BCUT2D eigenvalue weighted by Crippen LogP contribution is 2.35. The molecule has 2 aromatic rings. The Labute approximate surface area is 163 Å². The van der Waals surface area contributed by atoms with E-state index >= 15 is 0 Å². The predicted octanol–water partition coefficient (Wildman–Crippen LogP) is 2.76. The molecule has 1 amide bonds. The number of hydrogen-bond donors (Lipinski definition) is 2. The number of carbonyl (C=O) groups excluding carboxylic acids is 1. The average molecular weight is 385 g/mol. The minimum atomic E-state index is -1.06. The van der Waals surface area contributed by atoms with Crippen LogP contribution in [0.5, 0.6) is 17.2 Å². The molecule has 148 valence electrons. The van der Waals surface area contributed by atoms with E-state index in [9.17, 15) is 9.59 Å². The van der Waals surface area contributed by atoms with Crippen LogP contribution in [0.1, 0.15) is 35.3 Å². The summed E-state index contributed by atoms with van der Waals surface area (Å²) >= 11 is 0.